The highest BCUT2D eigenvalue weighted by atomic mass is 35.5. The molecule has 6 heteroatoms. The minimum atomic E-state index is -0.432. The van der Waals surface area contributed by atoms with E-state index in [1.165, 1.54) is 23.5 Å². The van der Waals surface area contributed by atoms with E-state index < -0.39 is 5.82 Å². The van der Waals surface area contributed by atoms with Crippen molar-refractivity contribution in [1.82, 2.24) is 10.2 Å². The van der Waals surface area contributed by atoms with E-state index in [0.29, 0.717) is 10.1 Å². The first-order valence-electron chi connectivity index (χ1n) is 4.17. The summed E-state index contributed by atoms with van der Waals surface area (Å²) in [5, 5.41) is 12.2. The lowest BCUT2D eigenvalue weighted by Gasteiger charge is -1.97. The minimum Gasteiger partial charge on any atom is -0.363 e. The number of nitrogens with zero attached hydrogens (tertiary/aromatic N) is 2. The number of anilines is 1. The van der Waals surface area contributed by atoms with Crippen molar-refractivity contribution in [1.29, 1.82) is 0 Å². The quantitative estimate of drug-likeness (QED) is 0.881. The highest BCUT2D eigenvalue weighted by molar-refractivity contribution is 7.18. The van der Waals surface area contributed by atoms with Gasteiger partial charge in [-0.15, -0.1) is 10.2 Å². The van der Waals surface area contributed by atoms with Gasteiger partial charge in [0.25, 0.3) is 0 Å². The molecule has 0 saturated heterocycles. The predicted molar refractivity (Wildman–Crippen MR) is 59.9 cm³/mol. The number of hydrogen-bond acceptors (Lipinski definition) is 4. The van der Waals surface area contributed by atoms with Gasteiger partial charge in [0, 0.05) is 12.6 Å². The van der Waals surface area contributed by atoms with Crippen LogP contribution in [0.15, 0.2) is 18.2 Å². The van der Waals surface area contributed by atoms with E-state index in [9.17, 15) is 4.39 Å². The molecule has 0 radical (unpaired) electrons. The molecule has 3 nitrogen and oxygen atoms in total. The van der Waals surface area contributed by atoms with Gasteiger partial charge in [-0.2, -0.15) is 0 Å². The molecule has 1 aromatic carbocycles. The Morgan fingerprint density at radius 1 is 1.40 bits per heavy atom. The van der Waals surface area contributed by atoms with Crippen LogP contribution in [-0.4, -0.2) is 17.2 Å². The van der Waals surface area contributed by atoms with Gasteiger partial charge in [0.15, 0.2) is 0 Å². The first-order valence-corrected chi connectivity index (χ1v) is 5.37. The van der Waals surface area contributed by atoms with Gasteiger partial charge >= 0.3 is 0 Å². The van der Waals surface area contributed by atoms with E-state index in [2.05, 4.69) is 15.5 Å². The normalized spacial score (nSPS) is 10.3. The van der Waals surface area contributed by atoms with Crippen LogP contribution < -0.4 is 5.32 Å². The molecule has 2 rings (SSSR count). The van der Waals surface area contributed by atoms with Crippen molar-refractivity contribution < 1.29 is 4.39 Å². The molecule has 0 aliphatic carbocycles. The van der Waals surface area contributed by atoms with Gasteiger partial charge in [0.05, 0.1) is 5.02 Å². The maximum Gasteiger partial charge on any atom is 0.205 e. The van der Waals surface area contributed by atoms with Crippen molar-refractivity contribution >= 4 is 28.1 Å². The zero-order chi connectivity index (χ0) is 10.8. The lowest BCUT2D eigenvalue weighted by atomic mass is 10.2. The van der Waals surface area contributed by atoms with E-state index >= 15 is 0 Å². The van der Waals surface area contributed by atoms with Gasteiger partial charge in [-0.1, -0.05) is 22.9 Å². The third-order valence-electron chi connectivity index (χ3n) is 1.81. The minimum absolute atomic E-state index is 0.0914. The summed E-state index contributed by atoms with van der Waals surface area (Å²) < 4.78 is 12.9. The SMILES string of the molecule is CNc1nnc(-c2ccc(F)c(Cl)c2)s1. The number of rotatable bonds is 2. The van der Waals surface area contributed by atoms with Crippen LogP contribution >= 0.6 is 22.9 Å². The van der Waals surface area contributed by atoms with Crippen LogP contribution in [0.5, 0.6) is 0 Å². The first kappa shape index (κ1) is 10.3. The Hall–Kier alpha value is -1.20. The van der Waals surface area contributed by atoms with Gasteiger partial charge < -0.3 is 5.32 Å². The molecule has 0 fully saturated rings. The van der Waals surface area contributed by atoms with Crippen LogP contribution in [0.2, 0.25) is 5.02 Å². The Labute approximate surface area is 94.9 Å². The molecule has 2 aromatic rings. The van der Waals surface area contributed by atoms with E-state index in [1.807, 2.05) is 0 Å². The zero-order valence-electron chi connectivity index (χ0n) is 7.79. The summed E-state index contributed by atoms with van der Waals surface area (Å²) in [4.78, 5) is 0. The third-order valence-corrected chi connectivity index (χ3v) is 3.08. The van der Waals surface area contributed by atoms with Crippen LogP contribution in [0, 0.1) is 5.82 Å². The second kappa shape index (κ2) is 4.12. The number of nitrogens with one attached hydrogen (secondary N) is 1. The highest BCUT2D eigenvalue weighted by Gasteiger charge is 2.07. The van der Waals surface area contributed by atoms with Crippen molar-refractivity contribution in [3.63, 3.8) is 0 Å². The van der Waals surface area contributed by atoms with E-state index in [4.69, 9.17) is 11.6 Å². The van der Waals surface area contributed by atoms with Crippen molar-refractivity contribution in [2.45, 2.75) is 0 Å². The molecule has 0 aliphatic rings. The zero-order valence-corrected chi connectivity index (χ0v) is 9.36. The fourth-order valence-corrected chi connectivity index (χ4v) is 1.94. The van der Waals surface area contributed by atoms with Crippen LogP contribution in [0.1, 0.15) is 0 Å². The Kier molecular flexibility index (Phi) is 2.83. The molecular weight excluding hydrogens is 237 g/mol. The predicted octanol–water partition coefficient (Wildman–Crippen LogP) is 3.04. The van der Waals surface area contributed by atoms with Crippen molar-refractivity contribution in [3.05, 3.63) is 29.0 Å². The van der Waals surface area contributed by atoms with Crippen molar-refractivity contribution in [2.24, 2.45) is 0 Å². The molecule has 1 heterocycles. The summed E-state index contributed by atoms with van der Waals surface area (Å²) in [5.74, 6) is -0.432. The lowest BCUT2D eigenvalue weighted by molar-refractivity contribution is 0.628. The molecule has 0 bridgehead atoms. The molecule has 0 spiro atoms. The molecule has 1 aromatic heterocycles. The topological polar surface area (TPSA) is 37.8 Å². The molecular formula is C9H7ClFN3S. The Morgan fingerprint density at radius 3 is 2.80 bits per heavy atom. The van der Waals surface area contributed by atoms with Crippen molar-refractivity contribution in [2.75, 3.05) is 12.4 Å². The number of aromatic nitrogens is 2. The van der Waals surface area contributed by atoms with Crippen LogP contribution in [0.4, 0.5) is 9.52 Å². The Bertz CT molecular complexity index is 486. The fourth-order valence-electron chi connectivity index (χ4n) is 1.07. The second-order valence-corrected chi connectivity index (χ2v) is 4.18. The molecule has 15 heavy (non-hydrogen) atoms. The maximum absolute atomic E-state index is 12.9. The molecule has 0 aliphatic heterocycles. The molecule has 0 saturated carbocycles. The summed E-state index contributed by atoms with van der Waals surface area (Å²) in [7, 11) is 1.77. The third kappa shape index (κ3) is 2.08. The van der Waals surface area contributed by atoms with Crippen LogP contribution in [0.3, 0.4) is 0 Å². The van der Waals surface area contributed by atoms with Gasteiger partial charge in [0.1, 0.15) is 10.8 Å². The van der Waals surface area contributed by atoms with E-state index in [0.717, 1.165) is 5.56 Å². The average Bonchev–Trinajstić information content (AvgIpc) is 2.70. The number of hydrogen-bond donors (Lipinski definition) is 1. The van der Waals surface area contributed by atoms with Crippen LogP contribution in [-0.2, 0) is 0 Å². The summed E-state index contributed by atoms with van der Waals surface area (Å²) in [5.41, 5.74) is 0.764. The molecule has 0 atom stereocenters. The molecule has 78 valence electrons. The lowest BCUT2D eigenvalue weighted by Crippen LogP contribution is -1.84. The van der Waals surface area contributed by atoms with Crippen molar-refractivity contribution in [3.8, 4) is 10.6 Å². The number of halogens is 2. The summed E-state index contributed by atoms with van der Waals surface area (Å²) in [6.07, 6.45) is 0. The fraction of sp³-hybridized carbons (Fsp3) is 0.111. The second-order valence-electron chi connectivity index (χ2n) is 2.79. The summed E-state index contributed by atoms with van der Waals surface area (Å²) in [6.45, 7) is 0. The monoisotopic (exact) mass is 243 g/mol. The standard InChI is InChI=1S/C9H7ClFN3S/c1-12-9-14-13-8(15-9)5-2-3-7(11)6(10)4-5/h2-4H,1H3,(H,12,14). The molecule has 1 N–H and O–H groups in total. The smallest absolute Gasteiger partial charge is 0.205 e. The average molecular weight is 244 g/mol. The van der Waals surface area contributed by atoms with Crippen LogP contribution in [0.25, 0.3) is 10.6 Å². The first-order chi connectivity index (χ1) is 7.20. The van der Waals surface area contributed by atoms with E-state index in [-0.39, 0.29) is 5.02 Å². The van der Waals surface area contributed by atoms with Gasteiger partial charge in [-0.05, 0) is 18.2 Å². The van der Waals surface area contributed by atoms with E-state index in [1.54, 1.807) is 13.1 Å². The van der Waals surface area contributed by atoms with Gasteiger partial charge in [-0.25, -0.2) is 4.39 Å². The van der Waals surface area contributed by atoms with Gasteiger partial charge in [-0.3, -0.25) is 0 Å². The largest absolute Gasteiger partial charge is 0.363 e. The summed E-state index contributed by atoms with van der Waals surface area (Å²) >= 11 is 7.06. The highest BCUT2D eigenvalue weighted by Crippen LogP contribution is 2.28. The molecule has 0 amide bonds. The maximum atomic E-state index is 12.9. The Morgan fingerprint density at radius 2 is 2.20 bits per heavy atom. The number of benzene rings is 1. The Balaban J connectivity index is 2.40. The van der Waals surface area contributed by atoms with Gasteiger partial charge in [0.2, 0.25) is 5.13 Å². The summed E-state index contributed by atoms with van der Waals surface area (Å²) in [6, 6.07) is 4.48. The molecule has 0 unspecified atom stereocenters.